The van der Waals surface area contributed by atoms with Crippen molar-refractivity contribution in [2.75, 3.05) is 0 Å². The molecular weight excluding hydrogens is 242 g/mol. The fourth-order valence-corrected chi connectivity index (χ4v) is 2.53. The first-order valence-corrected chi connectivity index (χ1v) is 6.78. The lowest BCUT2D eigenvalue weighted by Crippen LogP contribution is -2.03. The first-order chi connectivity index (χ1) is 8.72. The largest absolute Gasteiger partial charge is 0.261 e. The van der Waals surface area contributed by atoms with Crippen LogP contribution in [0.15, 0.2) is 42.6 Å². The van der Waals surface area contributed by atoms with Crippen LogP contribution in [0.5, 0.6) is 0 Å². The van der Waals surface area contributed by atoms with Gasteiger partial charge in [-0.3, -0.25) is 4.98 Å². The van der Waals surface area contributed by atoms with Gasteiger partial charge >= 0.3 is 0 Å². The molecule has 2 rings (SSSR count). The van der Waals surface area contributed by atoms with E-state index in [9.17, 15) is 0 Å². The van der Waals surface area contributed by atoms with Gasteiger partial charge in [-0.2, -0.15) is 0 Å². The molecule has 0 fully saturated rings. The molecule has 1 unspecified atom stereocenters. The van der Waals surface area contributed by atoms with Crippen LogP contribution in [0.2, 0.25) is 0 Å². The molecule has 94 valence electrons. The first-order valence-electron chi connectivity index (χ1n) is 6.34. The topological polar surface area (TPSA) is 12.9 Å². The summed E-state index contributed by atoms with van der Waals surface area (Å²) >= 11 is 6.56. The quantitative estimate of drug-likeness (QED) is 0.738. The van der Waals surface area contributed by atoms with E-state index in [1.165, 1.54) is 16.7 Å². The molecule has 0 N–H and O–H groups in total. The highest BCUT2D eigenvalue weighted by atomic mass is 35.5. The lowest BCUT2D eigenvalue weighted by atomic mass is 9.98. The molecule has 1 nitrogen and oxygen atoms in total. The van der Waals surface area contributed by atoms with E-state index in [2.05, 4.69) is 49.2 Å². The van der Waals surface area contributed by atoms with Crippen LogP contribution in [0.25, 0.3) is 0 Å². The second-order valence-electron chi connectivity index (χ2n) is 4.49. The third kappa shape index (κ3) is 2.91. The van der Waals surface area contributed by atoms with Gasteiger partial charge in [0.05, 0.1) is 5.38 Å². The molecule has 0 saturated heterocycles. The molecule has 0 aliphatic rings. The van der Waals surface area contributed by atoms with E-state index in [1.54, 1.807) is 0 Å². The first kappa shape index (κ1) is 13.1. The summed E-state index contributed by atoms with van der Waals surface area (Å²) in [5.74, 6) is 0. The second kappa shape index (κ2) is 6.01. The minimum absolute atomic E-state index is 0.00486. The number of alkyl halides is 1. The zero-order valence-electron chi connectivity index (χ0n) is 10.9. The van der Waals surface area contributed by atoms with Gasteiger partial charge in [-0.05, 0) is 36.1 Å². The number of aromatic nitrogens is 1. The van der Waals surface area contributed by atoms with Gasteiger partial charge in [0, 0.05) is 18.3 Å². The normalized spacial score (nSPS) is 12.4. The number of benzene rings is 1. The Hall–Kier alpha value is -1.34. The molecule has 0 spiro atoms. The average Bonchev–Trinajstić information content (AvgIpc) is 2.41. The molecule has 0 aliphatic carbocycles. The van der Waals surface area contributed by atoms with Gasteiger partial charge in [0.25, 0.3) is 0 Å². The van der Waals surface area contributed by atoms with Crippen LogP contribution in [0.3, 0.4) is 0 Å². The maximum atomic E-state index is 6.56. The van der Waals surface area contributed by atoms with Crippen molar-refractivity contribution >= 4 is 11.6 Å². The predicted molar refractivity (Wildman–Crippen MR) is 77.1 cm³/mol. The minimum atomic E-state index is -0.00486. The summed E-state index contributed by atoms with van der Waals surface area (Å²) in [5.41, 5.74) is 4.85. The molecule has 2 heteroatoms. The van der Waals surface area contributed by atoms with Crippen molar-refractivity contribution in [1.82, 2.24) is 4.98 Å². The zero-order chi connectivity index (χ0) is 13.0. The fraction of sp³-hybridized carbons (Fsp3) is 0.312. The van der Waals surface area contributed by atoms with E-state index in [0.717, 1.165) is 18.5 Å². The van der Waals surface area contributed by atoms with E-state index >= 15 is 0 Å². The monoisotopic (exact) mass is 259 g/mol. The number of hydrogen-bond acceptors (Lipinski definition) is 1. The van der Waals surface area contributed by atoms with Gasteiger partial charge in [-0.25, -0.2) is 0 Å². The molecule has 18 heavy (non-hydrogen) atoms. The van der Waals surface area contributed by atoms with E-state index < -0.39 is 0 Å². The molecule has 0 aliphatic heterocycles. The molecule has 1 atom stereocenters. The van der Waals surface area contributed by atoms with Crippen LogP contribution in [0.4, 0.5) is 0 Å². The Bertz CT molecular complexity index is 522. The van der Waals surface area contributed by atoms with Crippen molar-refractivity contribution < 1.29 is 0 Å². The Morgan fingerprint density at radius 3 is 2.67 bits per heavy atom. The molecule has 1 aromatic carbocycles. The summed E-state index contributed by atoms with van der Waals surface area (Å²) in [6.45, 7) is 4.24. The fourth-order valence-electron chi connectivity index (χ4n) is 2.17. The summed E-state index contributed by atoms with van der Waals surface area (Å²) < 4.78 is 0. The average molecular weight is 260 g/mol. The number of nitrogens with zero attached hydrogens (tertiary/aromatic N) is 1. The highest BCUT2D eigenvalue weighted by molar-refractivity contribution is 6.21. The van der Waals surface area contributed by atoms with Gasteiger partial charge in [-0.15, -0.1) is 11.6 Å². The molecule has 0 amide bonds. The van der Waals surface area contributed by atoms with Gasteiger partial charge in [0.15, 0.2) is 0 Å². The Kier molecular flexibility index (Phi) is 4.38. The molecule has 0 radical (unpaired) electrons. The summed E-state index contributed by atoms with van der Waals surface area (Å²) in [6, 6.07) is 12.4. The van der Waals surface area contributed by atoms with Crippen LogP contribution in [-0.4, -0.2) is 4.98 Å². The van der Waals surface area contributed by atoms with E-state index in [0.29, 0.717) is 0 Å². The van der Waals surface area contributed by atoms with E-state index in [4.69, 9.17) is 11.6 Å². The smallest absolute Gasteiger partial charge is 0.0643 e. The molecule has 1 aromatic heterocycles. The number of hydrogen-bond donors (Lipinski definition) is 0. The van der Waals surface area contributed by atoms with E-state index in [1.807, 2.05) is 12.3 Å². The number of aryl methyl sites for hydroxylation is 2. The van der Waals surface area contributed by atoms with Gasteiger partial charge < -0.3 is 0 Å². The number of pyridine rings is 1. The maximum Gasteiger partial charge on any atom is 0.0643 e. The number of halogens is 1. The molecule has 0 bridgehead atoms. The Labute approximate surface area is 114 Å². The van der Waals surface area contributed by atoms with Gasteiger partial charge in [0.2, 0.25) is 0 Å². The van der Waals surface area contributed by atoms with Crippen LogP contribution < -0.4 is 0 Å². The Morgan fingerprint density at radius 1 is 1.17 bits per heavy atom. The Balaban J connectivity index is 2.22. The van der Waals surface area contributed by atoms with Crippen molar-refractivity contribution in [3.8, 4) is 0 Å². The van der Waals surface area contributed by atoms with Crippen molar-refractivity contribution in [3.63, 3.8) is 0 Å². The summed E-state index contributed by atoms with van der Waals surface area (Å²) in [5, 5.41) is -0.00486. The zero-order valence-corrected chi connectivity index (χ0v) is 11.6. The third-order valence-corrected chi connectivity index (χ3v) is 3.65. The molecule has 2 aromatic rings. The van der Waals surface area contributed by atoms with Crippen molar-refractivity contribution in [2.45, 2.75) is 32.1 Å². The van der Waals surface area contributed by atoms with Crippen LogP contribution in [0, 0.1) is 6.92 Å². The predicted octanol–water partition coefficient (Wildman–Crippen LogP) is 4.48. The third-order valence-electron chi connectivity index (χ3n) is 3.26. The van der Waals surface area contributed by atoms with E-state index in [-0.39, 0.29) is 5.38 Å². The van der Waals surface area contributed by atoms with Gasteiger partial charge in [0.1, 0.15) is 0 Å². The van der Waals surface area contributed by atoms with Gasteiger partial charge in [-0.1, -0.05) is 37.3 Å². The summed E-state index contributed by atoms with van der Waals surface area (Å²) in [4.78, 5) is 4.41. The van der Waals surface area contributed by atoms with Crippen molar-refractivity contribution in [1.29, 1.82) is 0 Å². The summed E-state index contributed by atoms with van der Waals surface area (Å²) in [7, 11) is 0. The van der Waals surface area contributed by atoms with Crippen LogP contribution >= 0.6 is 11.6 Å². The van der Waals surface area contributed by atoms with Crippen LogP contribution in [0.1, 0.15) is 34.7 Å². The maximum absolute atomic E-state index is 6.56. The molecule has 0 saturated carbocycles. The second-order valence-corrected chi connectivity index (χ2v) is 5.02. The lowest BCUT2D eigenvalue weighted by molar-refractivity contribution is 0.855. The number of rotatable bonds is 4. The lowest BCUT2D eigenvalue weighted by Gasteiger charge is -2.14. The van der Waals surface area contributed by atoms with Crippen molar-refractivity contribution in [3.05, 3.63) is 65.0 Å². The standard InChI is InChI=1S/C16H18ClN/c1-3-13-8-4-5-9-14(13)15(17)11-16-12(2)7-6-10-18-16/h4-10,15H,3,11H2,1-2H3. The highest BCUT2D eigenvalue weighted by Gasteiger charge is 2.13. The molecular formula is C16H18ClN. The van der Waals surface area contributed by atoms with Crippen molar-refractivity contribution in [2.24, 2.45) is 0 Å². The SMILES string of the molecule is CCc1ccccc1C(Cl)Cc1ncccc1C. The van der Waals surface area contributed by atoms with Crippen LogP contribution in [-0.2, 0) is 12.8 Å². The molecule has 1 heterocycles. The summed E-state index contributed by atoms with van der Waals surface area (Å²) in [6.07, 6.45) is 3.63. The minimum Gasteiger partial charge on any atom is -0.261 e. The Morgan fingerprint density at radius 2 is 1.94 bits per heavy atom. The highest BCUT2D eigenvalue weighted by Crippen LogP contribution is 2.28.